The van der Waals surface area contributed by atoms with Crippen LogP contribution in [0.1, 0.15) is 23.7 Å². The van der Waals surface area contributed by atoms with E-state index in [2.05, 4.69) is 22.2 Å². The van der Waals surface area contributed by atoms with E-state index in [9.17, 15) is 4.79 Å². The molecule has 110 valence electrons. The molecule has 0 saturated carbocycles. The maximum absolute atomic E-state index is 11.8. The van der Waals surface area contributed by atoms with Gasteiger partial charge in [-0.05, 0) is 38.9 Å². The first kappa shape index (κ1) is 14.6. The highest BCUT2D eigenvalue weighted by atomic mass is 16.5. The van der Waals surface area contributed by atoms with Crippen molar-refractivity contribution in [3.63, 3.8) is 0 Å². The Morgan fingerprint density at radius 2 is 2.45 bits per heavy atom. The lowest BCUT2D eigenvalue weighted by Gasteiger charge is -2.13. The molecule has 1 atom stereocenters. The molecule has 0 spiro atoms. The largest absolute Gasteiger partial charge is 0.462 e. The molecule has 20 heavy (non-hydrogen) atoms. The van der Waals surface area contributed by atoms with E-state index >= 15 is 0 Å². The number of hydrogen-bond acceptors (Lipinski definition) is 6. The number of carbonyl (C=O) groups is 1. The standard InChI is InChI=1S/C14H22N4O2/c1-3-20-14(19)11-6-13(17-8-12(11)15)16-7-10-4-5-18(2)9-10/h6,8,10H,3-5,7,9,15H2,1-2H3,(H,16,17). The monoisotopic (exact) mass is 278 g/mol. The van der Waals surface area contributed by atoms with Gasteiger partial charge in [0.05, 0.1) is 24.1 Å². The van der Waals surface area contributed by atoms with Crippen LogP contribution in [-0.2, 0) is 4.74 Å². The number of hydrogen-bond donors (Lipinski definition) is 2. The van der Waals surface area contributed by atoms with Crippen LogP contribution in [0.5, 0.6) is 0 Å². The van der Waals surface area contributed by atoms with Crippen molar-refractivity contribution in [1.29, 1.82) is 0 Å². The summed E-state index contributed by atoms with van der Waals surface area (Å²) in [7, 11) is 2.13. The number of aromatic nitrogens is 1. The SMILES string of the molecule is CCOC(=O)c1cc(NCC2CCN(C)C2)ncc1N. The molecule has 1 saturated heterocycles. The first-order valence-electron chi connectivity index (χ1n) is 6.95. The average molecular weight is 278 g/mol. The zero-order chi connectivity index (χ0) is 14.5. The quantitative estimate of drug-likeness (QED) is 0.788. The van der Waals surface area contributed by atoms with Crippen LogP contribution in [0.15, 0.2) is 12.3 Å². The van der Waals surface area contributed by atoms with E-state index < -0.39 is 5.97 Å². The van der Waals surface area contributed by atoms with Gasteiger partial charge in [0, 0.05) is 13.1 Å². The molecule has 1 fully saturated rings. The average Bonchev–Trinajstić information content (AvgIpc) is 2.84. The molecule has 1 aliphatic heterocycles. The summed E-state index contributed by atoms with van der Waals surface area (Å²) in [6.45, 7) is 5.18. The van der Waals surface area contributed by atoms with Crippen LogP contribution in [0.4, 0.5) is 11.5 Å². The van der Waals surface area contributed by atoms with Crippen LogP contribution < -0.4 is 11.1 Å². The van der Waals surface area contributed by atoms with Crippen LogP contribution in [0.3, 0.4) is 0 Å². The van der Waals surface area contributed by atoms with Gasteiger partial charge in [0.25, 0.3) is 0 Å². The number of likely N-dealkylation sites (tertiary alicyclic amines) is 1. The second-order valence-electron chi connectivity index (χ2n) is 5.18. The molecule has 0 bridgehead atoms. The van der Waals surface area contributed by atoms with Gasteiger partial charge in [-0.3, -0.25) is 0 Å². The highest BCUT2D eigenvalue weighted by molar-refractivity contribution is 5.95. The van der Waals surface area contributed by atoms with Crippen LogP contribution in [0.2, 0.25) is 0 Å². The number of carbonyl (C=O) groups excluding carboxylic acids is 1. The minimum absolute atomic E-state index is 0.331. The fourth-order valence-electron chi connectivity index (χ4n) is 2.39. The van der Waals surface area contributed by atoms with Gasteiger partial charge in [0.2, 0.25) is 0 Å². The second kappa shape index (κ2) is 6.56. The third-order valence-electron chi connectivity index (χ3n) is 3.49. The van der Waals surface area contributed by atoms with E-state index in [1.807, 2.05) is 0 Å². The Kier molecular flexibility index (Phi) is 4.79. The van der Waals surface area contributed by atoms with Crippen molar-refractivity contribution in [1.82, 2.24) is 9.88 Å². The molecular formula is C14H22N4O2. The molecule has 0 aromatic carbocycles. The zero-order valence-corrected chi connectivity index (χ0v) is 12.1. The molecule has 0 aliphatic carbocycles. The van der Waals surface area contributed by atoms with E-state index in [1.165, 1.54) is 12.6 Å². The fourth-order valence-corrected chi connectivity index (χ4v) is 2.39. The van der Waals surface area contributed by atoms with Crippen molar-refractivity contribution < 1.29 is 9.53 Å². The molecule has 1 aromatic rings. The Morgan fingerprint density at radius 1 is 1.65 bits per heavy atom. The molecule has 2 heterocycles. The Balaban J connectivity index is 1.98. The van der Waals surface area contributed by atoms with Gasteiger partial charge in [-0.2, -0.15) is 0 Å². The van der Waals surface area contributed by atoms with Crippen molar-refractivity contribution >= 4 is 17.5 Å². The van der Waals surface area contributed by atoms with Gasteiger partial charge < -0.3 is 20.7 Å². The van der Waals surface area contributed by atoms with E-state index in [4.69, 9.17) is 10.5 Å². The molecule has 1 aliphatic rings. The maximum Gasteiger partial charge on any atom is 0.340 e. The first-order chi connectivity index (χ1) is 9.60. The zero-order valence-electron chi connectivity index (χ0n) is 12.1. The summed E-state index contributed by atoms with van der Waals surface area (Å²) >= 11 is 0. The number of pyridine rings is 1. The van der Waals surface area contributed by atoms with Gasteiger partial charge in [-0.25, -0.2) is 9.78 Å². The predicted molar refractivity (Wildman–Crippen MR) is 78.7 cm³/mol. The Bertz CT molecular complexity index is 478. The summed E-state index contributed by atoms with van der Waals surface area (Å²) in [6.07, 6.45) is 2.68. The number of esters is 1. The lowest BCUT2D eigenvalue weighted by atomic mass is 10.1. The molecule has 1 unspecified atom stereocenters. The number of nitrogens with one attached hydrogen (secondary N) is 1. The number of nitrogens with zero attached hydrogens (tertiary/aromatic N) is 2. The molecule has 0 amide bonds. The molecule has 6 heteroatoms. The topological polar surface area (TPSA) is 80.5 Å². The van der Waals surface area contributed by atoms with Crippen molar-refractivity contribution in [3.8, 4) is 0 Å². The Morgan fingerprint density at radius 3 is 3.10 bits per heavy atom. The number of ether oxygens (including phenoxy) is 1. The van der Waals surface area contributed by atoms with Gasteiger partial charge in [0.1, 0.15) is 5.82 Å². The molecule has 2 rings (SSSR count). The van der Waals surface area contributed by atoms with Gasteiger partial charge in [-0.15, -0.1) is 0 Å². The summed E-state index contributed by atoms with van der Waals surface area (Å²) < 4.78 is 4.97. The number of nitrogen functional groups attached to an aromatic ring is 1. The minimum Gasteiger partial charge on any atom is -0.462 e. The summed E-state index contributed by atoms with van der Waals surface area (Å²) in [6, 6.07) is 1.66. The molecule has 1 aromatic heterocycles. The third-order valence-corrected chi connectivity index (χ3v) is 3.49. The summed E-state index contributed by atoms with van der Waals surface area (Å²) in [5.74, 6) is 0.873. The predicted octanol–water partition coefficient (Wildman–Crippen LogP) is 1.20. The smallest absolute Gasteiger partial charge is 0.340 e. The third kappa shape index (κ3) is 3.60. The number of rotatable bonds is 5. The van der Waals surface area contributed by atoms with Gasteiger partial charge in [0.15, 0.2) is 0 Å². The second-order valence-corrected chi connectivity index (χ2v) is 5.18. The number of anilines is 2. The van der Waals surface area contributed by atoms with Crippen LogP contribution in [0, 0.1) is 5.92 Å². The molecule has 3 N–H and O–H groups in total. The van der Waals surface area contributed by atoms with Crippen LogP contribution >= 0.6 is 0 Å². The van der Waals surface area contributed by atoms with Crippen molar-refractivity contribution in [2.45, 2.75) is 13.3 Å². The van der Waals surface area contributed by atoms with E-state index in [-0.39, 0.29) is 0 Å². The van der Waals surface area contributed by atoms with Gasteiger partial charge in [-0.1, -0.05) is 0 Å². The summed E-state index contributed by atoms with van der Waals surface area (Å²) in [5.41, 5.74) is 6.47. The lowest BCUT2D eigenvalue weighted by molar-refractivity contribution is 0.0527. The van der Waals surface area contributed by atoms with E-state index in [0.29, 0.717) is 29.6 Å². The van der Waals surface area contributed by atoms with E-state index in [1.54, 1.807) is 13.0 Å². The van der Waals surface area contributed by atoms with Crippen LogP contribution in [-0.4, -0.2) is 49.1 Å². The molecule has 6 nitrogen and oxygen atoms in total. The first-order valence-corrected chi connectivity index (χ1v) is 6.95. The van der Waals surface area contributed by atoms with Gasteiger partial charge >= 0.3 is 5.97 Å². The van der Waals surface area contributed by atoms with E-state index in [0.717, 1.165) is 19.6 Å². The minimum atomic E-state index is -0.406. The van der Waals surface area contributed by atoms with Crippen molar-refractivity contribution in [3.05, 3.63) is 17.8 Å². The van der Waals surface area contributed by atoms with Crippen molar-refractivity contribution in [2.75, 3.05) is 44.3 Å². The number of nitrogens with two attached hydrogens (primary N) is 1. The summed E-state index contributed by atoms with van der Waals surface area (Å²) in [4.78, 5) is 18.3. The Labute approximate surface area is 119 Å². The molecule has 0 radical (unpaired) electrons. The highest BCUT2D eigenvalue weighted by Gasteiger charge is 2.19. The lowest BCUT2D eigenvalue weighted by Crippen LogP contribution is -2.19. The normalized spacial score (nSPS) is 19.0. The highest BCUT2D eigenvalue weighted by Crippen LogP contribution is 2.18. The molecular weight excluding hydrogens is 256 g/mol. The summed E-state index contributed by atoms with van der Waals surface area (Å²) in [5, 5.41) is 3.27. The fraction of sp³-hybridized carbons (Fsp3) is 0.571. The Hall–Kier alpha value is -1.82. The maximum atomic E-state index is 11.8. The van der Waals surface area contributed by atoms with Crippen molar-refractivity contribution in [2.24, 2.45) is 5.92 Å². The van der Waals surface area contributed by atoms with Crippen LogP contribution in [0.25, 0.3) is 0 Å².